The monoisotopic (exact) mass is 443 g/mol. The van der Waals surface area contributed by atoms with Crippen LogP contribution in [-0.4, -0.2) is 4.98 Å². The molecule has 1 unspecified atom stereocenters. The molecule has 0 aliphatic heterocycles. The normalized spacial score (nSPS) is 12.3. The largest absolute Gasteiger partial charge is 0.456 e. The molecule has 1 atom stereocenters. The van der Waals surface area contributed by atoms with Crippen molar-refractivity contribution in [2.75, 3.05) is 0 Å². The molecule has 6 rings (SSSR count). The fourth-order valence-corrected chi connectivity index (χ4v) is 4.70. The molecule has 4 aromatic carbocycles. The van der Waals surface area contributed by atoms with E-state index in [0.717, 1.165) is 38.8 Å². The van der Waals surface area contributed by atoms with Crippen LogP contribution in [0.15, 0.2) is 114 Å². The van der Waals surface area contributed by atoms with Gasteiger partial charge in [-0.1, -0.05) is 73.7 Å². The number of hydrogen-bond donors (Lipinski definition) is 0. The second kappa shape index (κ2) is 8.27. The number of furan rings is 1. The van der Waals surface area contributed by atoms with Gasteiger partial charge in [0.2, 0.25) is 0 Å². The summed E-state index contributed by atoms with van der Waals surface area (Å²) in [4.78, 5) is 4.63. The van der Waals surface area contributed by atoms with Crippen LogP contribution >= 0.6 is 0 Å². The molecule has 0 aliphatic rings. The lowest BCUT2D eigenvalue weighted by Crippen LogP contribution is -1.97. The van der Waals surface area contributed by atoms with Gasteiger partial charge in [0.1, 0.15) is 17.0 Å². The van der Waals surface area contributed by atoms with Crippen LogP contribution in [0, 0.1) is 5.82 Å². The summed E-state index contributed by atoms with van der Waals surface area (Å²) in [5, 5.41) is 1.89. The van der Waals surface area contributed by atoms with E-state index >= 15 is 0 Å². The van der Waals surface area contributed by atoms with Crippen LogP contribution in [0.3, 0.4) is 0 Å². The maximum atomic E-state index is 14.6. The highest BCUT2D eigenvalue weighted by atomic mass is 19.1. The van der Waals surface area contributed by atoms with Crippen LogP contribution in [0.1, 0.15) is 24.0 Å². The number of pyridine rings is 1. The van der Waals surface area contributed by atoms with E-state index in [0.29, 0.717) is 5.56 Å². The zero-order valence-corrected chi connectivity index (χ0v) is 18.7. The third-order valence-corrected chi connectivity index (χ3v) is 6.54. The Morgan fingerprint density at radius 1 is 0.706 bits per heavy atom. The summed E-state index contributed by atoms with van der Waals surface area (Å²) in [5.41, 5.74) is 7.28. The molecule has 0 aliphatic carbocycles. The van der Waals surface area contributed by atoms with Gasteiger partial charge in [0.05, 0.1) is 5.69 Å². The number of hydrogen-bond acceptors (Lipinski definition) is 2. The summed E-state index contributed by atoms with van der Waals surface area (Å²) in [6.07, 6.45) is 1.86. The van der Waals surface area contributed by atoms with Crippen molar-refractivity contribution >= 4 is 21.9 Å². The van der Waals surface area contributed by atoms with Crippen molar-refractivity contribution in [1.29, 1.82) is 0 Å². The van der Waals surface area contributed by atoms with E-state index in [4.69, 9.17) is 4.42 Å². The first-order valence-electron chi connectivity index (χ1n) is 11.4. The molecule has 2 aromatic heterocycles. The van der Waals surface area contributed by atoms with E-state index < -0.39 is 0 Å². The maximum absolute atomic E-state index is 14.6. The van der Waals surface area contributed by atoms with Gasteiger partial charge >= 0.3 is 0 Å². The zero-order chi connectivity index (χ0) is 23.1. The fraction of sp³-hybridized carbons (Fsp3) is 0.0645. The van der Waals surface area contributed by atoms with Gasteiger partial charge in [0.15, 0.2) is 0 Å². The Bertz CT molecular complexity index is 1630. The van der Waals surface area contributed by atoms with Gasteiger partial charge in [-0.15, -0.1) is 0 Å². The molecule has 3 heteroatoms. The predicted octanol–water partition coefficient (Wildman–Crippen LogP) is 8.61. The molecule has 2 heterocycles. The molecule has 34 heavy (non-hydrogen) atoms. The minimum atomic E-state index is -0.241. The van der Waals surface area contributed by atoms with Crippen molar-refractivity contribution in [3.05, 3.63) is 126 Å². The molecule has 0 spiro atoms. The summed E-state index contributed by atoms with van der Waals surface area (Å²) >= 11 is 0. The minimum absolute atomic E-state index is 0.241. The van der Waals surface area contributed by atoms with E-state index in [9.17, 15) is 4.39 Å². The summed E-state index contributed by atoms with van der Waals surface area (Å²) in [7, 11) is 0. The second-order valence-corrected chi connectivity index (χ2v) is 8.58. The summed E-state index contributed by atoms with van der Waals surface area (Å²) in [5.74, 6) is 0.0238. The maximum Gasteiger partial charge on any atom is 0.136 e. The fourth-order valence-electron chi connectivity index (χ4n) is 4.70. The lowest BCUT2D eigenvalue weighted by Gasteiger charge is -2.13. The summed E-state index contributed by atoms with van der Waals surface area (Å²) in [6, 6.07) is 33.5. The zero-order valence-electron chi connectivity index (χ0n) is 18.7. The molecule has 164 valence electrons. The summed E-state index contributed by atoms with van der Waals surface area (Å²) < 4.78 is 20.8. The van der Waals surface area contributed by atoms with Gasteiger partial charge in [-0.25, -0.2) is 4.39 Å². The molecule has 6 aromatic rings. The Balaban J connectivity index is 1.45. The van der Waals surface area contributed by atoms with Crippen molar-refractivity contribution in [3.8, 4) is 22.4 Å². The first kappa shape index (κ1) is 20.4. The number of halogens is 1. The van der Waals surface area contributed by atoms with Crippen molar-refractivity contribution in [2.45, 2.75) is 12.8 Å². The average Bonchev–Trinajstić information content (AvgIpc) is 3.27. The number of aromatic nitrogens is 1. The average molecular weight is 444 g/mol. The van der Waals surface area contributed by atoms with Gasteiger partial charge in [-0.2, -0.15) is 0 Å². The number of benzene rings is 4. The third kappa shape index (κ3) is 3.46. The predicted molar refractivity (Wildman–Crippen MR) is 136 cm³/mol. The van der Waals surface area contributed by atoms with Crippen LogP contribution in [-0.2, 0) is 0 Å². The van der Waals surface area contributed by atoms with Crippen LogP contribution < -0.4 is 0 Å². The highest BCUT2D eigenvalue weighted by Gasteiger charge is 2.16. The first-order valence-corrected chi connectivity index (χ1v) is 11.4. The third-order valence-electron chi connectivity index (χ3n) is 6.54. The Kier molecular flexibility index (Phi) is 4.96. The number of nitrogens with zero attached hydrogens (tertiary/aromatic N) is 1. The van der Waals surface area contributed by atoms with Crippen LogP contribution in [0.5, 0.6) is 0 Å². The highest BCUT2D eigenvalue weighted by molar-refractivity contribution is 6.13. The topological polar surface area (TPSA) is 26.0 Å². The lowest BCUT2D eigenvalue weighted by molar-refractivity contribution is 0.631. The molecule has 0 saturated heterocycles. The van der Waals surface area contributed by atoms with E-state index in [-0.39, 0.29) is 11.7 Å². The second-order valence-electron chi connectivity index (χ2n) is 8.58. The smallest absolute Gasteiger partial charge is 0.136 e. The Labute approximate surface area is 197 Å². The van der Waals surface area contributed by atoms with Crippen molar-refractivity contribution < 1.29 is 8.81 Å². The number of fused-ring (bicyclic) bond motifs is 3. The van der Waals surface area contributed by atoms with Crippen LogP contribution in [0.4, 0.5) is 4.39 Å². The molecule has 0 amide bonds. The molecular formula is C31H22FNO. The van der Waals surface area contributed by atoms with Crippen LogP contribution in [0.2, 0.25) is 0 Å². The molecule has 0 fully saturated rings. The van der Waals surface area contributed by atoms with Gasteiger partial charge in [0.25, 0.3) is 0 Å². The van der Waals surface area contributed by atoms with E-state index in [1.165, 1.54) is 17.2 Å². The quantitative estimate of drug-likeness (QED) is 0.273. The van der Waals surface area contributed by atoms with Crippen molar-refractivity contribution in [2.24, 2.45) is 0 Å². The van der Waals surface area contributed by atoms with Gasteiger partial charge in [-0.05, 0) is 53.1 Å². The van der Waals surface area contributed by atoms with E-state index in [1.807, 2.05) is 42.6 Å². The Hall–Kier alpha value is -4.24. The molecule has 0 N–H and O–H groups in total. The van der Waals surface area contributed by atoms with Gasteiger partial charge < -0.3 is 4.42 Å². The standard InChI is InChI=1S/C31H22FNO/c1-20(21-8-3-2-4-9-21)22-16-17-33-28(18-22)23-14-15-26-30(19-23)34-29-13-7-11-25(31(26)29)24-10-5-6-12-27(24)32/h2-20H,1H3. The number of rotatable bonds is 4. The molecule has 0 saturated carbocycles. The van der Waals surface area contributed by atoms with Gasteiger partial charge in [-0.3, -0.25) is 4.98 Å². The highest BCUT2D eigenvalue weighted by Crippen LogP contribution is 2.39. The van der Waals surface area contributed by atoms with Crippen molar-refractivity contribution in [1.82, 2.24) is 4.98 Å². The Morgan fingerprint density at radius 3 is 2.35 bits per heavy atom. The van der Waals surface area contributed by atoms with Crippen LogP contribution in [0.25, 0.3) is 44.3 Å². The molecule has 2 nitrogen and oxygen atoms in total. The van der Waals surface area contributed by atoms with Crippen molar-refractivity contribution in [3.63, 3.8) is 0 Å². The Morgan fingerprint density at radius 2 is 1.50 bits per heavy atom. The first-order chi connectivity index (χ1) is 16.7. The van der Waals surface area contributed by atoms with Gasteiger partial charge in [0, 0.05) is 34.0 Å². The SMILES string of the molecule is CC(c1ccccc1)c1ccnc(-c2ccc3c(c2)oc2cccc(-c4ccccc4F)c23)c1. The molecule has 0 bridgehead atoms. The van der Waals surface area contributed by atoms with E-state index in [2.05, 4.69) is 60.4 Å². The molecule has 0 radical (unpaired) electrons. The lowest BCUT2D eigenvalue weighted by atomic mass is 9.92. The summed E-state index contributed by atoms with van der Waals surface area (Å²) in [6.45, 7) is 2.21. The molecular weight excluding hydrogens is 421 g/mol. The minimum Gasteiger partial charge on any atom is -0.456 e. The van der Waals surface area contributed by atoms with E-state index in [1.54, 1.807) is 12.1 Å².